The van der Waals surface area contributed by atoms with Crippen LogP contribution < -0.4 is 10.1 Å². The SMILES string of the molecule is COc1cccc2[nH]c(C(=O)N3C[C@@H]4CCC[C@@H]4[C@H]3C(=O)N[C@@H](C[C@@H]3CCCC3=O)C(=O)COC3CC3)cc12. The molecule has 1 aromatic carbocycles. The number of H-pyrrole nitrogens is 1. The smallest absolute Gasteiger partial charge is 0.271 e. The minimum atomic E-state index is -0.793. The summed E-state index contributed by atoms with van der Waals surface area (Å²) < 4.78 is 11.1. The highest BCUT2D eigenvalue weighted by Gasteiger charge is 2.50. The summed E-state index contributed by atoms with van der Waals surface area (Å²) in [5.74, 6) is 0.195. The number of fused-ring (bicyclic) bond motifs is 2. The number of likely N-dealkylation sites (tertiary alicyclic amines) is 1. The Morgan fingerprint density at radius 2 is 1.97 bits per heavy atom. The van der Waals surface area contributed by atoms with Gasteiger partial charge in [-0.3, -0.25) is 19.2 Å². The van der Waals surface area contributed by atoms with Gasteiger partial charge >= 0.3 is 0 Å². The van der Waals surface area contributed by atoms with Crippen molar-refractivity contribution in [2.24, 2.45) is 17.8 Å². The second-order valence-electron chi connectivity index (χ2n) is 11.7. The van der Waals surface area contributed by atoms with E-state index in [-0.39, 0.29) is 53.8 Å². The molecule has 0 bridgehead atoms. The number of hydrogen-bond acceptors (Lipinski definition) is 6. The minimum absolute atomic E-state index is 0.0550. The highest BCUT2D eigenvalue weighted by Crippen LogP contribution is 2.43. The average Bonchev–Trinajstić information content (AvgIpc) is 3.26. The predicted molar refractivity (Wildman–Crippen MR) is 143 cm³/mol. The minimum Gasteiger partial charge on any atom is -0.496 e. The largest absolute Gasteiger partial charge is 0.496 e. The first-order chi connectivity index (χ1) is 18.9. The molecule has 4 aliphatic rings. The maximum Gasteiger partial charge on any atom is 0.271 e. The molecule has 9 heteroatoms. The fourth-order valence-electron chi connectivity index (χ4n) is 6.91. The second-order valence-corrected chi connectivity index (χ2v) is 11.7. The molecule has 5 atom stereocenters. The molecule has 2 N–H and O–H groups in total. The van der Waals surface area contributed by atoms with Gasteiger partial charge in [-0.15, -0.1) is 0 Å². The fourth-order valence-corrected chi connectivity index (χ4v) is 6.91. The van der Waals surface area contributed by atoms with Gasteiger partial charge in [-0.1, -0.05) is 12.5 Å². The van der Waals surface area contributed by atoms with Crippen LogP contribution in [-0.4, -0.2) is 71.7 Å². The Hall–Kier alpha value is -3.20. The number of ketones is 2. The summed E-state index contributed by atoms with van der Waals surface area (Å²) in [6.07, 6.45) is 7.29. The zero-order chi connectivity index (χ0) is 27.1. The van der Waals surface area contributed by atoms with Crippen LogP contribution in [0.2, 0.25) is 0 Å². The molecule has 0 radical (unpaired) electrons. The lowest BCUT2D eigenvalue weighted by molar-refractivity contribution is -0.134. The van der Waals surface area contributed by atoms with Gasteiger partial charge in [0.15, 0.2) is 5.78 Å². The number of nitrogens with one attached hydrogen (secondary N) is 2. The highest BCUT2D eigenvalue weighted by atomic mass is 16.5. The number of methoxy groups -OCH3 is 1. The van der Waals surface area contributed by atoms with Gasteiger partial charge in [0.25, 0.3) is 5.91 Å². The van der Waals surface area contributed by atoms with Gasteiger partial charge in [0.05, 0.1) is 19.3 Å². The van der Waals surface area contributed by atoms with Crippen LogP contribution in [0.3, 0.4) is 0 Å². The van der Waals surface area contributed by atoms with E-state index in [0.29, 0.717) is 30.8 Å². The molecule has 2 aromatic rings. The molecular weight excluding hydrogens is 498 g/mol. The Labute approximate surface area is 228 Å². The van der Waals surface area contributed by atoms with E-state index in [1.807, 2.05) is 18.2 Å². The van der Waals surface area contributed by atoms with E-state index in [4.69, 9.17) is 9.47 Å². The van der Waals surface area contributed by atoms with E-state index >= 15 is 0 Å². The zero-order valence-corrected chi connectivity index (χ0v) is 22.4. The number of ether oxygens (including phenoxy) is 2. The average molecular weight is 536 g/mol. The number of nitrogens with zero attached hydrogens (tertiary/aromatic N) is 1. The Morgan fingerprint density at radius 3 is 2.72 bits per heavy atom. The van der Waals surface area contributed by atoms with Crippen molar-refractivity contribution in [3.8, 4) is 5.75 Å². The summed E-state index contributed by atoms with van der Waals surface area (Å²) >= 11 is 0. The summed E-state index contributed by atoms with van der Waals surface area (Å²) in [5.41, 5.74) is 1.20. The summed E-state index contributed by atoms with van der Waals surface area (Å²) in [4.78, 5) is 58.2. The summed E-state index contributed by atoms with van der Waals surface area (Å²) in [6, 6.07) is 5.94. The molecule has 208 valence electrons. The monoisotopic (exact) mass is 535 g/mol. The third kappa shape index (κ3) is 5.21. The van der Waals surface area contributed by atoms with E-state index in [9.17, 15) is 19.2 Å². The number of hydrogen-bond donors (Lipinski definition) is 2. The molecule has 39 heavy (non-hydrogen) atoms. The normalized spacial score (nSPS) is 27.1. The molecule has 1 saturated heterocycles. The third-order valence-corrected chi connectivity index (χ3v) is 9.14. The Bertz CT molecular complexity index is 1280. The molecular formula is C30H37N3O6. The number of carbonyl (C=O) groups is 4. The van der Waals surface area contributed by atoms with Crippen LogP contribution in [-0.2, 0) is 19.1 Å². The van der Waals surface area contributed by atoms with Crippen LogP contribution >= 0.6 is 0 Å². The van der Waals surface area contributed by atoms with Crippen molar-refractivity contribution >= 4 is 34.3 Å². The number of rotatable bonds is 10. The zero-order valence-electron chi connectivity index (χ0n) is 22.4. The highest BCUT2D eigenvalue weighted by molar-refractivity contribution is 6.02. The summed E-state index contributed by atoms with van der Waals surface area (Å²) in [5, 5.41) is 3.81. The van der Waals surface area contributed by atoms with Crippen molar-refractivity contribution in [3.05, 3.63) is 30.0 Å². The molecule has 3 aliphatic carbocycles. The van der Waals surface area contributed by atoms with Crippen LogP contribution in [0, 0.1) is 17.8 Å². The van der Waals surface area contributed by atoms with Crippen molar-refractivity contribution < 1.29 is 28.7 Å². The van der Waals surface area contributed by atoms with E-state index in [0.717, 1.165) is 55.8 Å². The lowest BCUT2D eigenvalue weighted by atomic mass is 9.91. The van der Waals surface area contributed by atoms with E-state index in [1.54, 1.807) is 18.1 Å². The topological polar surface area (TPSA) is 118 Å². The quantitative estimate of drug-likeness (QED) is 0.482. The summed E-state index contributed by atoms with van der Waals surface area (Å²) in [7, 11) is 1.60. The first-order valence-electron chi connectivity index (χ1n) is 14.4. The number of aromatic nitrogens is 1. The van der Waals surface area contributed by atoms with Crippen LogP contribution in [0.1, 0.15) is 68.3 Å². The maximum atomic E-state index is 13.9. The van der Waals surface area contributed by atoms with Gasteiger partial charge in [-0.05, 0) is 75.0 Å². The molecule has 4 fully saturated rings. The van der Waals surface area contributed by atoms with Crippen molar-refractivity contribution in [2.75, 3.05) is 20.3 Å². The molecule has 3 saturated carbocycles. The molecule has 0 spiro atoms. The Balaban J connectivity index is 1.23. The van der Waals surface area contributed by atoms with Crippen molar-refractivity contribution in [3.63, 3.8) is 0 Å². The lowest BCUT2D eigenvalue weighted by Crippen LogP contribution is -2.53. The molecule has 6 rings (SSSR count). The van der Waals surface area contributed by atoms with Crippen molar-refractivity contribution in [2.45, 2.75) is 76.0 Å². The van der Waals surface area contributed by atoms with E-state index in [1.165, 1.54) is 0 Å². The third-order valence-electron chi connectivity index (χ3n) is 9.14. The number of amides is 2. The predicted octanol–water partition coefficient (Wildman–Crippen LogP) is 3.41. The fraction of sp³-hybridized carbons (Fsp3) is 0.600. The first kappa shape index (κ1) is 26.0. The number of benzene rings is 1. The van der Waals surface area contributed by atoms with Gasteiger partial charge in [0.1, 0.15) is 29.9 Å². The molecule has 0 unspecified atom stereocenters. The molecule has 2 heterocycles. The Kier molecular flexibility index (Phi) is 7.18. The Morgan fingerprint density at radius 1 is 1.13 bits per heavy atom. The molecule has 1 aromatic heterocycles. The van der Waals surface area contributed by atoms with Crippen molar-refractivity contribution in [1.29, 1.82) is 0 Å². The van der Waals surface area contributed by atoms with Crippen LogP contribution in [0.5, 0.6) is 5.75 Å². The van der Waals surface area contributed by atoms with Gasteiger partial charge in [-0.2, -0.15) is 0 Å². The van der Waals surface area contributed by atoms with Gasteiger partial charge in [0, 0.05) is 29.8 Å². The first-order valence-corrected chi connectivity index (χ1v) is 14.4. The maximum absolute atomic E-state index is 13.9. The second kappa shape index (κ2) is 10.8. The molecule has 1 aliphatic heterocycles. The number of Topliss-reactive ketones (excluding diaryl/α,β-unsaturated/α-hetero) is 2. The van der Waals surface area contributed by atoms with Gasteiger partial charge in [-0.25, -0.2) is 0 Å². The molecule has 2 amide bonds. The number of aromatic amines is 1. The van der Waals surface area contributed by atoms with Gasteiger partial charge < -0.3 is 24.7 Å². The summed E-state index contributed by atoms with van der Waals surface area (Å²) in [6.45, 7) is 0.450. The van der Waals surface area contributed by atoms with E-state index < -0.39 is 12.1 Å². The number of carbonyl (C=O) groups excluding carboxylic acids is 4. The van der Waals surface area contributed by atoms with Crippen LogP contribution in [0.15, 0.2) is 24.3 Å². The van der Waals surface area contributed by atoms with Crippen LogP contribution in [0.4, 0.5) is 0 Å². The lowest BCUT2D eigenvalue weighted by Gasteiger charge is -2.29. The van der Waals surface area contributed by atoms with Gasteiger partial charge in [0.2, 0.25) is 5.91 Å². The molecule has 9 nitrogen and oxygen atoms in total. The van der Waals surface area contributed by atoms with Crippen LogP contribution in [0.25, 0.3) is 10.9 Å². The van der Waals surface area contributed by atoms with E-state index in [2.05, 4.69) is 10.3 Å². The standard InChI is InChI=1S/C30H37N3O6/c1-38-27-10-4-8-22-21(27)14-24(31-22)30(37)33-15-18-6-2-7-20(18)28(33)29(36)32-23(13-17-5-3-9-25(17)34)26(35)16-39-19-11-12-19/h4,8,10,14,17-20,23,28,31H,2-3,5-7,9,11-13,15-16H2,1H3,(H,32,36)/t17-,18-,20-,23-,28-/m0/s1. The van der Waals surface area contributed by atoms with Crippen molar-refractivity contribution in [1.82, 2.24) is 15.2 Å².